The fraction of sp³-hybridized carbons (Fsp3) is 0.355. The molecule has 0 radical (unpaired) electrons. The summed E-state index contributed by atoms with van der Waals surface area (Å²) in [4.78, 5) is 28.8. The number of sulfonamides is 1. The van der Waals surface area contributed by atoms with Gasteiger partial charge in [-0.15, -0.1) is 0 Å². The molecule has 0 bridgehead atoms. The minimum absolute atomic E-state index is 0.0867. The van der Waals surface area contributed by atoms with Crippen molar-refractivity contribution in [1.29, 1.82) is 0 Å². The van der Waals surface area contributed by atoms with Crippen LogP contribution in [0.5, 0.6) is 0 Å². The van der Waals surface area contributed by atoms with Crippen LogP contribution in [0.2, 0.25) is 5.02 Å². The van der Waals surface area contributed by atoms with Gasteiger partial charge in [0.1, 0.15) is 12.6 Å². The van der Waals surface area contributed by atoms with Crippen LogP contribution in [0.25, 0.3) is 0 Å². The van der Waals surface area contributed by atoms with E-state index < -0.39 is 28.5 Å². The summed E-state index contributed by atoms with van der Waals surface area (Å²) in [6.45, 7) is 5.09. The van der Waals surface area contributed by atoms with Crippen LogP contribution in [0.4, 0.5) is 5.69 Å². The van der Waals surface area contributed by atoms with Crippen molar-refractivity contribution < 1.29 is 18.0 Å². The average molecular weight is 582 g/mol. The lowest BCUT2D eigenvalue weighted by atomic mass is 10.1. The molecule has 0 unspecified atom stereocenters. The number of nitrogens with one attached hydrogen (secondary N) is 1. The van der Waals surface area contributed by atoms with E-state index in [1.807, 2.05) is 19.9 Å². The minimum Gasteiger partial charge on any atom is -0.352 e. The highest BCUT2D eigenvalue weighted by Gasteiger charge is 2.33. The maximum Gasteiger partial charge on any atom is 0.264 e. The number of nitrogens with zero attached hydrogens (tertiary/aromatic N) is 2. The van der Waals surface area contributed by atoms with Gasteiger partial charge >= 0.3 is 0 Å². The van der Waals surface area contributed by atoms with Gasteiger partial charge in [0, 0.05) is 17.6 Å². The number of carbonyl (C=O) groups is 2. The number of hydrogen-bond acceptors (Lipinski definition) is 4. The lowest BCUT2D eigenvalue weighted by Crippen LogP contribution is -2.52. The van der Waals surface area contributed by atoms with E-state index in [-0.39, 0.29) is 23.4 Å². The molecule has 40 heavy (non-hydrogen) atoms. The molecule has 0 aliphatic heterocycles. The van der Waals surface area contributed by atoms with Crippen molar-refractivity contribution in [3.8, 4) is 0 Å². The number of benzene rings is 3. The van der Waals surface area contributed by atoms with E-state index in [2.05, 4.69) is 5.32 Å². The van der Waals surface area contributed by atoms with Gasteiger partial charge in [0.2, 0.25) is 11.8 Å². The Morgan fingerprint density at radius 2 is 1.60 bits per heavy atom. The van der Waals surface area contributed by atoms with Crippen LogP contribution in [-0.2, 0) is 26.2 Å². The summed E-state index contributed by atoms with van der Waals surface area (Å²) in [6.07, 6.45) is 3.96. The van der Waals surface area contributed by atoms with E-state index in [0.29, 0.717) is 10.7 Å². The second-order valence-electron chi connectivity index (χ2n) is 10.5. The zero-order valence-electron chi connectivity index (χ0n) is 23.1. The first kappa shape index (κ1) is 29.6. The molecule has 4 rings (SSSR count). The first-order valence-electron chi connectivity index (χ1n) is 13.5. The van der Waals surface area contributed by atoms with Crippen LogP contribution in [0.1, 0.15) is 49.3 Å². The summed E-state index contributed by atoms with van der Waals surface area (Å²) >= 11 is 6.07. The molecular weight excluding hydrogens is 546 g/mol. The topological polar surface area (TPSA) is 86.8 Å². The van der Waals surface area contributed by atoms with Crippen LogP contribution in [0.15, 0.2) is 77.7 Å². The third kappa shape index (κ3) is 7.23. The Bertz CT molecular complexity index is 1440. The Hall–Kier alpha value is -3.36. The summed E-state index contributed by atoms with van der Waals surface area (Å²) in [5.74, 6) is -0.737. The maximum atomic E-state index is 14.0. The van der Waals surface area contributed by atoms with Gasteiger partial charge in [-0.25, -0.2) is 8.42 Å². The highest BCUT2D eigenvalue weighted by atomic mass is 35.5. The zero-order chi connectivity index (χ0) is 28.9. The van der Waals surface area contributed by atoms with Crippen LogP contribution in [-0.4, -0.2) is 43.8 Å². The lowest BCUT2D eigenvalue weighted by Gasteiger charge is -2.32. The summed E-state index contributed by atoms with van der Waals surface area (Å²) < 4.78 is 28.9. The van der Waals surface area contributed by atoms with E-state index in [1.54, 1.807) is 73.7 Å². The van der Waals surface area contributed by atoms with E-state index >= 15 is 0 Å². The van der Waals surface area contributed by atoms with E-state index in [9.17, 15) is 18.0 Å². The van der Waals surface area contributed by atoms with Gasteiger partial charge in [-0.05, 0) is 81.1 Å². The molecule has 0 heterocycles. The smallest absolute Gasteiger partial charge is 0.264 e. The van der Waals surface area contributed by atoms with Gasteiger partial charge in [0.05, 0.1) is 10.6 Å². The first-order chi connectivity index (χ1) is 19.0. The maximum absolute atomic E-state index is 14.0. The van der Waals surface area contributed by atoms with E-state index in [4.69, 9.17) is 11.6 Å². The quantitative estimate of drug-likeness (QED) is 0.336. The number of carbonyl (C=O) groups excluding carboxylic acids is 2. The van der Waals surface area contributed by atoms with Crippen molar-refractivity contribution in [2.45, 2.75) is 70.0 Å². The number of hydrogen-bond donors (Lipinski definition) is 1. The molecule has 1 atom stereocenters. The molecule has 0 saturated heterocycles. The number of anilines is 1. The number of amides is 2. The van der Waals surface area contributed by atoms with Gasteiger partial charge in [-0.2, -0.15) is 0 Å². The summed E-state index contributed by atoms with van der Waals surface area (Å²) in [5.41, 5.74) is 2.94. The molecule has 212 valence electrons. The van der Waals surface area contributed by atoms with Crippen LogP contribution in [0.3, 0.4) is 0 Å². The van der Waals surface area contributed by atoms with Gasteiger partial charge in [-0.1, -0.05) is 66.4 Å². The highest BCUT2D eigenvalue weighted by molar-refractivity contribution is 7.92. The molecule has 3 aromatic rings. The zero-order valence-corrected chi connectivity index (χ0v) is 24.7. The predicted molar refractivity (Wildman–Crippen MR) is 159 cm³/mol. The number of aryl methyl sites for hydroxylation is 2. The van der Waals surface area contributed by atoms with Crippen molar-refractivity contribution in [3.63, 3.8) is 0 Å². The predicted octanol–water partition coefficient (Wildman–Crippen LogP) is 5.63. The van der Waals surface area contributed by atoms with E-state index in [0.717, 1.165) is 46.7 Å². The fourth-order valence-corrected chi connectivity index (χ4v) is 6.44. The van der Waals surface area contributed by atoms with E-state index in [1.165, 1.54) is 4.90 Å². The van der Waals surface area contributed by atoms with Crippen molar-refractivity contribution in [2.75, 3.05) is 10.8 Å². The van der Waals surface area contributed by atoms with Gasteiger partial charge in [0.15, 0.2) is 0 Å². The normalized spacial score (nSPS) is 14.5. The van der Waals surface area contributed by atoms with Crippen molar-refractivity contribution >= 4 is 39.1 Å². The van der Waals surface area contributed by atoms with Gasteiger partial charge < -0.3 is 10.2 Å². The summed E-state index contributed by atoms with van der Waals surface area (Å²) in [6, 6.07) is 19.9. The molecule has 1 N–H and O–H groups in total. The molecule has 1 aliphatic carbocycles. The Balaban J connectivity index is 1.68. The van der Waals surface area contributed by atoms with Crippen LogP contribution < -0.4 is 9.62 Å². The molecule has 1 aliphatic rings. The van der Waals surface area contributed by atoms with Crippen LogP contribution >= 0.6 is 11.6 Å². The standard InChI is InChI=1S/C31H36ClN3O4S/c1-22-11-17-29(18-12-22)40(38,39)35(28-10-6-7-23(2)19-28)21-30(36)34(20-25-13-15-26(32)16-14-25)24(3)31(37)33-27-8-4-5-9-27/h6-7,10-19,24,27H,4-5,8-9,20-21H2,1-3H3,(H,33,37)/t24-/m0/s1. The Kier molecular flexibility index (Phi) is 9.53. The minimum atomic E-state index is -4.09. The molecule has 1 saturated carbocycles. The highest BCUT2D eigenvalue weighted by Crippen LogP contribution is 2.26. The molecule has 7 nitrogen and oxygen atoms in total. The van der Waals surface area contributed by atoms with Crippen molar-refractivity contribution in [2.24, 2.45) is 0 Å². The average Bonchev–Trinajstić information content (AvgIpc) is 3.44. The Morgan fingerprint density at radius 1 is 0.950 bits per heavy atom. The molecule has 3 aromatic carbocycles. The third-order valence-corrected chi connectivity index (χ3v) is 9.35. The first-order valence-corrected chi connectivity index (χ1v) is 15.4. The summed E-state index contributed by atoms with van der Waals surface area (Å²) in [5, 5.41) is 3.64. The molecular formula is C31H36ClN3O4S. The number of halogens is 1. The van der Waals surface area contributed by atoms with Gasteiger partial charge in [0.25, 0.3) is 10.0 Å². The SMILES string of the molecule is Cc1ccc(S(=O)(=O)N(CC(=O)N(Cc2ccc(Cl)cc2)[C@@H](C)C(=O)NC2CCCC2)c2cccc(C)c2)cc1. The summed E-state index contributed by atoms with van der Waals surface area (Å²) in [7, 11) is -4.09. The largest absolute Gasteiger partial charge is 0.352 e. The molecule has 1 fully saturated rings. The van der Waals surface area contributed by atoms with Crippen molar-refractivity contribution in [3.05, 3.63) is 94.5 Å². The van der Waals surface area contributed by atoms with Crippen LogP contribution in [0, 0.1) is 13.8 Å². The number of rotatable bonds is 10. The second-order valence-corrected chi connectivity index (χ2v) is 12.8. The Labute approximate surface area is 242 Å². The Morgan fingerprint density at radius 3 is 2.23 bits per heavy atom. The second kappa shape index (κ2) is 12.9. The molecule has 0 aromatic heterocycles. The fourth-order valence-electron chi connectivity index (χ4n) is 4.91. The lowest BCUT2D eigenvalue weighted by molar-refractivity contribution is -0.139. The monoisotopic (exact) mass is 581 g/mol. The molecule has 2 amide bonds. The molecule has 0 spiro atoms. The van der Waals surface area contributed by atoms with Gasteiger partial charge in [-0.3, -0.25) is 13.9 Å². The van der Waals surface area contributed by atoms with Crippen molar-refractivity contribution in [1.82, 2.24) is 10.2 Å². The third-order valence-electron chi connectivity index (χ3n) is 7.31. The molecule has 9 heteroatoms.